The summed E-state index contributed by atoms with van der Waals surface area (Å²) in [4.78, 5) is 18.0. The quantitative estimate of drug-likeness (QED) is 0.466. The van der Waals surface area contributed by atoms with E-state index in [-0.39, 0.29) is 23.6 Å². The molecule has 0 aliphatic carbocycles. The minimum absolute atomic E-state index is 0.0888. The Hall–Kier alpha value is -2.63. The van der Waals surface area contributed by atoms with Gasteiger partial charge in [-0.05, 0) is 12.1 Å². The maximum Gasteiger partial charge on any atom is 0.573 e. The molecule has 12 heteroatoms. The Labute approximate surface area is 173 Å². The summed E-state index contributed by atoms with van der Waals surface area (Å²) in [5.74, 6) is -0.879. The predicted molar refractivity (Wildman–Crippen MR) is 102 cm³/mol. The third-order valence-electron chi connectivity index (χ3n) is 3.93. The van der Waals surface area contributed by atoms with Crippen LogP contribution in [0.1, 0.15) is 4.88 Å². The molecule has 0 spiro atoms. The van der Waals surface area contributed by atoms with Crippen LogP contribution in [0, 0.1) is 0 Å². The van der Waals surface area contributed by atoms with Gasteiger partial charge in [-0.15, -0.1) is 24.5 Å². The van der Waals surface area contributed by atoms with E-state index in [2.05, 4.69) is 9.72 Å². The van der Waals surface area contributed by atoms with Gasteiger partial charge in [-0.1, -0.05) is 35.1 Å². The molecule has 0 saturated heterocycles. The van der Waals surface area contributed by atoms with Crippen LogP contribution in [-0.2, 0) is 6.54 Å². The molecule has 29 heavy (non-hydrogen) atoms. The van der Waals surface area contributed by atoms with E-state index < -0.39 is 17.7 Å². The first-order chi connectivity index (χ1) is 13.7. The number of halogens is 4. The van der Waals surface area contributed by atoms with Gasteiger partial charge in [0, 0.05) is 17.1 Å². The summed E-state index contributed by atoms with van der Waals surface area (Å²) in [5.41, 5.74) is -0.628. The molecule has 0 saturated carbocycles. The third-order valence-corrected chi connectivity index (χ3v) is 5.91. The Balaban J connectivity index is 1.89. The fourth-order valence-corrected chi connectivity index (χ4v) is 4.63. The first-order valence-electron chi connectivity index (χ1n) is 7.94. The normalized spacial score (nSPS) is 11.9. The number of thiazole rings is 2. The Kier molecular flexibility index (Phi) is 4.97. The molecule has 0 amide bonds. The lowest BCUT2D eigenvalue weighted by molar-refractivity contribution is -0.527. The molecule has 3 heterocycles. The molecule has 0 bridgehead atoms. The molecule has 0 radical (unpaired) electrons. The van der Waals surface area contributed by atoms with Crippen LogP contribution in [0.4, 0.5) is 13.2 Å². The van der Waals surface area contributed by atoms with Crippen molar-refractivity contribution in [3.63, 3.8) is 0 Å². The Morgan fingerprint density at radius 2 is 2.14 bits per heavy atom. The van der Waals surface area contributed by atoms with E-state index in [1.54, 1.807) is 11.6 Å². The van der Waals surface area contributed by atoms with Crippen molar-refractivity contribution in [1.82, 2.24) is 9.55 Å². The second-order valence-electron chi connectivity index (χ2n) is 5.80. The maximum absolute atomic E-state index is 12.9. The molecule has 4 rings (SSSR count). The standard InChI is InChI=1S/C17H9ClF3N3O3S2/c18-15-22-7-11(29-15)8-24-14(26)12(13(25)23-4-5-28-16(23)24)9-2-1-3-10(6-9)27-17(19,20)21/h1-7H,8H2/p+1. The Morgan fingerprint density at radius 3 is 2.83 bits per heavy atom. The summed E-state index contributed by atoms with van der Waals surface area (Å²) in [5, 5.41) is 12.5. The number of fused-ring (bicyclic) bond motifs is 1. The van der Waals surface area contributed by atoms with Gasteiger partial charge in [-0.3, -0.25) is 0 Å². The highest BCUT2D eigenvalue weighted by atomic mass is 35.5. The average molecular weight is 461 g/mol. The fraction of sp³-hybridized carbons (Fsp3) is 0.118. The molecule has 1 N–H and O–H groups in total. The minimum Gasteiger partial charge on any atom is -0.477 e. The van der Waals surface area contributed by atoms with Crippen molar-refractivity contribution in [3.05, 3.63) is 61.7 Å². The van der Waals surface area contributed by atoms with Gasteiger partial charge in [-0.25, -0.2) is 9.78 Å². The first kappa shape index (κ1) is 19.7. The summed E-state index contributed by atoms with van der Waals surface area (Å²) in [7, 11) is 0. The van der Waals surface area contributed by atoms with Crippen molar-refractivity contribution in [2.24, 2.45) is 0 Å². The third kappa shape index (κ3) is 3.93. The van der Waals surface area contributed by atoms with Gasteiger partial charge >= 0.3 is 16.9 Å². The molecule has 4 aromatic rings. The smallest absolute Gasteiger partial charge is 0.477 e. The van der Waals surface area contributed by atoms with Crippen molar-refractivity contribution in [1.29, 1.82) is 0 Å². The second kappa shape index (κ2) is 7.32. The number of rotatable bonds is 4. The molecule has 0 fully saturated rings. The average Bonchev–Trinajstić information content (AvgIpc) is 3.27. The maximum atomic E-state index is 12.9. The Bertz CT molecular complexity index is 1270. The number of alkyl halides is 3. The van der Waals surface area contributed by atoms with E-state index in [4.69, 9.17) is 11.6 Å². The van der Waals surface area contributed by atoms with E-state index in [1.165, 1.54) is 50.0 Å². The topological polar surface area (TPSA) is 68.4 Å². The molecule has 3 aromatic heterocycles. The highest BCUT2D eigenvalue weighted by Gasteiger charge is 2.32. The van der Waals surface area contributed by atoms with E-state index in [0.717, 1.165) is 17.0 Å². The zero-order chi connectivity index (χ0) is 20.8. The number of aromatic hydroxyl groups is 1. The van der Waals surface area contributed by atoms with Crippen LogP contribution in [0.2, 0.25) is 4.47 Å². The summed E-state index contributed by atoms with van der Waals surface area (Å²) >= 11 is 8.30. The van der Waals surface area contributed by atoms with E-state index in [1.807, 2.05) is 0 Å². The summed E-state index contributed by atoms with van der Waals surface area (Å²) in [6, 6.07) is 4.90. The van der Waals surface area contributed by atoms with Crippen LogP contribution in [-0.4, -0.2) is 21.0 Å². The largest absolute Gasteiger partial charge is 0.573 e. The fourth-order valence-electron chi connectivity index (χ4n) is 2.82. The number of nitrogens with zero attached hydrogens (tertiary/aromatic N) is 3. The lowest BCUT2D eigenvalue weighted by Crippen LogP contribution is -2.41. The van der Waals surface area contributed by atoms with Crippen molar-refractivity contribution < 1.29 is 27.4 Å². The summed E-state index contributed by atoms with van der Waals surface area (Å²) < 4.78 is 44.7. The molecule has 0 unspecified atom stereocenters. The lowest BCUT2D eigenvalue weighted by atomic mass is 10.1. The van der Waals surface area contributed by atoms with Crippen molar-refractivity contribution in [2.45, 2.75) is 12.9 Å². The first-order valence-corrected chi connectivity index (χ1v) is 10.0. The molecular formula is C17H10ClF3N3O3S2+. The van der Waals surface area contributed by atoms with Crippen LogP contribution in [0.25, 0.3) is 16.1 Å². The van der Waals surface area contributed by atoms with Crippen molar-refractivity contribution in [3.8, 4) is 22.8 Å². The van der Waals surface area contributed by atoms with E-state index in [9.17, 15) is 23.1 Å². The molecule has 6 nitrogen and oxygen atoms in total. The number of hydrogen-bond donors (Lipinski definition) is 1. The van der Waals surface area contributed by atoms with Gasteiger partial charge in [0.05, 0.1) is 4.88 Å². The second-order valence-corrected chi connectivity index (χ2v) is 8.37. The lowest BCUT2D eigenvalue weighted by Gasteiger charge is -2.11. The van der Waals surface area contributed by atoms with Crippen LogP contribution in [0.3, 0.4) is 0 Å². The van der Waals surface area contributed by atoms with Crippen LogP contribution < -0.4 is 14.7 Å². The molecule has 1 aromatic carbocycles. The highest BCUT2D eigenvalue weighted by molar-refractivity contribution is 7.15. The number of ether oxygens (including phenoxy) is 1. The monoisotopic (exact) mass is 460 g/mol. The molecular weight excluding hydrogens is 451 g/mol. The summed E-state index contributed by atoms with van der Waals surface area (Å²) in [6.07, 6.45) is -1.80. The van der Waals surface area contributed by atoms with Gasteiger partial charge < -0.3 is 9.84 Å². The predicted octanol–water partition coefficient (Wildman–Crippen LogP) is 4.08. The highest BCUT2D eigenvalue weighted by Crippen LogP contribution is 2.32. The van der Waals surface area contributed by atoms with Gasteiger partial charge in [-0.2, -0.15) is 8.97 Å². The molecule has 0 aliphatic heterocycles. The van der Waals surface area contributed by atoms with E-state index >= 15 is 0 Å². The zero-order valence-corrected chi connectivity index (χ0v) is 16.6. The van der Waals surface area contributed by atoms with Gasteiger partial charge in [0.15, 0.2) is 10.0 Å². The summed E-state index contributed by atoms with van der Waals surface area (Å²) in [6.45, 7) is 0.173. The van der Waals surface area contributed by atoms with Crippen LogP contribution in [0.15, 0.2) is 46.8 Å². The van der Waals surface area contributed by atoms with Crippen molar-refractivity contribution >= 4 is 39.2 Å². The molecule has 0 atom stereocenters. The number of aromatic nitrogens is 3. The zero-order valence-electron chi connectivity index (χ0n) is 14.2. The minimum atomic E-state index is -4.88. The van der Waals surface area contributed by atoms with E-state index in [0.29, 0.717) is 9.43 Å². The van der Waals surface area contributed by atoms with Gasteiger partial charge in [0.2, 0.25) is 0 Å². The number of benzene rings is 1. The van der Waals surface area contributed by atoms with Gasteiger partial charge in [0.1, 0.15) is 18.5 Å². The number of hydrogen-bond acceptors (Lipinski definition) is 6. The van der Waals surface area contributed by atoms with Gasteiger partial charge in [0.25, 0.3) is 5.88 Å². The van der Waals surface area contributed by atoms with Crippen LogP contribution >= 0.6 is 34.3 Å². The molecule has 150 valence electrons. The Morgan fingerprint density at radius 1 is 1.34 bits per heavy atom. The molecule has 0 aliphatic rings. The van der Waals surface area contributed by atoms with Crippen LogP contribution in [0.5, 0.6) is 11.6 Å². The SMILES string of the molecule is O=c1c(-c2cccc(OC(F)(F)F)c2)c(O)n(Cc2cnc(Cl)s2)c2scc[n+]12. The van der Waals surface area contributed by atoms with Crippen molar-refractivity contribution in [2.75, 3.05) is 0 Å².